The van der Waals surface area contributed by atoms with Gasteiger partial charge in [0.2, 0.25) is 5.78 Å². The standard InChI is InChI=1S/C25H23Cl2NO5/c1-15-9-20(22(29)14-32-25(30)10-17-7-8-18(26)11-21(17)27)16(2)28(15)12-19-13-31-23-5-3-4-6-24(23)33-19/h3-9,11,19H,10,12-14H2,1-2H3. The van der Waals surface area contributed by atoms with Crippen molar-refractivity contribution < 1.29 is 23.8 Å². The molecule has 1 aromatic heterocycles. The maximum atomic E-state index is 12.8. The molecule has 0 amide bonds. The normalized spacial score (nSPS) is 14.7. The van der Waals surface area contributed by atoms with Crippen LogP contribution in [-0.2, 0) is 22.5 Å². The summed E-state index contributed by atoms with van der Waals surface area (Å²) in [6.07, 6.45) is -0.224. The number of esters is 1. The van der Waals surface area contributed by atoms with Crippen molar-refractivity contribution in [2.75, 3.05) is 13.2 Å². The number of hydrogen-bond acceptors (Lipinski definition) is 5. The Morgan fingerprint density at radius 3 is 2.61 bits per heavy atom. The number of hydrogen-bond donors (Lipinski definition) is 0. The molecule has 0 saturated heterocycles. The summed E-state index contributed by atoms with van der Waals surface area (Å²) in [7, 11) is 0. The van der Waals surface area contributed by atoms with Crippen LogP contribution < -0.4 is 9.47 Å². The summed E-state index contributed by atoms with van der Waals surface area (Å²) >= 11 is 12.0. The summed E-state index contributed by atoms with van der Waals surface area (Å²) in [6.45, 7) is 4.41. The van der Waals surface area contributed by atoms with E-state index in [-0.39, 0.29) is 24.9 Å². The largest absolute Gasteiger partial charge is 0.486 e. The van der Waals surface area contributed by atoms with E-state index in [9.17, 15) is 9.59 Å². The Kier molecular flexibility index (Phi) is 6.96. The molecule has 0 saturated carbocycles. The minimum absolute atomic E-state index is 0.0389. The fourth-order valence-electron chi connectivity index (χ4n) is 3.82. The molecule has 0 spiro atoms. The number of aryl methyl sites for hydroxylation is 1. The van der Waals surface area contributed by atoms with Gasteiger partial charge in [0, 0.05) is 27.0 Å². The van der Waals surface area contributed by atoms with Crippen molar-refractivity contribution in [3.8, 4) is 11.5 Å². The van der Waals surface area contributed by atoms with E-state index >= 15 is 0 Å². The number of nitrogens with zero attached hydrogens (tertiary/aromatic N) is 1. The Morgan fingerprint density at radius 1 is 1.09 bits per heavy atom. The molecule has 33 heavy (non-hydrogen) atoms. The highest BCUT2D eigenvalue weighted by molar-refractivity contribution is 6.35. The van der Waals surface area contributed by atoms with E-state index < -0.39 is 5.97 Å². The summed E-state index contributed by atoms with van der Waals surface area (Å²) in [5.74, 6) is 0.636. The quantitative estimate of drug-likeness (QED) is 0.337. The van der Waals surface area contributed by atoms with Crippen molar-refractivity contribution in [2.45, 2.75) is 32.9 Å². The Labute approximate surface area is 202 Å². The zero-order chi connectivity index (χ0) is 23.5. The number of rotatable bonds is 7. The molecule has 0 aliphatic carbocycles. The van der Waals surface area contributed by atoms with Gasteiger partial charge in [-0.1, -0.05) is 41.4 Å². The van der Waals surface area contributed by atoms with E-state index in [0.29, 0.717) is 40.1 Å². The maximum absolute atomic E-state index is 12.8. The van der Waals surface area contributed by atoms with Crippen LogP contribution in [0.15, 0.2) is 48.5 Å². The predicted molar refractivity (Wildman–Crippen MR) is 126 cm³/mol. The van der Waals surface area contributed by atoms with E-state index in [4.69, 9.17) is 37.4 Å². The molecule has 1 unspecified atom stereocenters. The smallest absolute Gasteiger partial charge is 0.310 e. The fraction of sp³-hybridized carbons (Fsp3) is 0.280. The van der Waals surface area contributed by atoms with Gasteiger partial charge in [0.15, 0.2) is 24.2 Å². The lowest BCUT2D eigenvalue weighted by molar-refractivity contribution is -0.141. The molecule has 1 aliphatic rings. The number of ketones is 1. The number of carbonyl (C=O) groups is 2. The number of halogens is 2. The molecule has 6 nitrogen and oxygen atoms in total. The average molecular weight is 488 g/mol. The number of ether oxygens (including phenoxy) is 3. The van der Waals surface area contributed by atoms with Crippen LogP contribution in [-0.4, -0.2) is 35.6 Å². The summed E-state index contributed by atoms with van der Waals surface area (Å²) in [5, 5.41) is 0.864. The number of aromatic nitrogens is 1. The molecule has 0 bridgehead atoms. The van der Waals surface area contributed by atoms with Crippen molar-refractivity contribution in [1.29, 1.82) is 0 Å². The molecule has 2 aromatic carbocycles. The van der Waals surface area contributed by atoms with Gasteiger partial charge >= 0.3 is 5.97 Å². The molecule has 1 aliphatic heterocycles. The topological polar surface area (TPSA) is 66.8 Å². The highest BCUT2D eigenvalue weighted by atomic mass is 35.5. The van der Waals surface area contributed by atoms with Crippen molar-refractivity contribution in [2.24, 2.45) is 0 Å². The number of benzene rings is 2. The van der Waals surface area contributed by atoms with E-state index in [2.05, 4.69) is 0 Å². The second-order valence-corrected chi connectivity index (χ2v) is 8.73. The van der Waals surface area contributed by atoms with E-state index in [1.807, 2.05) is 42.7 Å². The first-order valence-corrected chi connectivity index (χ1v) is 11.3. The zero-order valence-corrected chi connectivity index (χ0v) is 19.8. The molecule has 8 heteroatoms. The van der Waals surface area contributed by atoms with E-state index in [1.54, 1.807) is 24.3 Å². The number of para-hydroxylation sites is 2. The van der Waals surface area contributed by atoms with Crippen LogP contribution in [0.4, 0.5) is 0 Å². The zero-order valence-electron chi connectivity index (χ0n) is 18.3. The van der Waals surface area contributed by atoms with E-state index in [1.165, 1.54) is 0 Å². The highest BCUT2D eigenvalue weighted by Crippen LogP contribution is 2.31. The monoisotopic (exact) mass is 487 g/mol. The second kappa shape index (κ2) is 9.89. The Morgan fingerprint density at radius 2 is 1.85 bits per heavy atom. The third-order valence-corrected chi connectivity index (χ3v) is 6.13. The number of carbonyl (C=O) groups excluding carboxylic acids is 2. The van der Waals surface area contributed by atoms with Gasteiger partial charge in [-0.25, -0.2) is 0 Å². The third-order valence-electron chi connectivity index (χ3n) is 5.54. The van der Waals surface area contributed by atoms with Gasteiger partial charge in [-0.05, 0) is 49.7 Å². The molecule has 4 rings (SSSR count). The summed E-state index contributed by atoms with van der Waals surface area (Å²) in [5.41, 5.74) is 2.81. The predicted octanol–water partition coefficient (Wildman–Crippen LogP) is 5.22. The van der Waals surface area contributed by atoms with Crippen molar-refractivity contribution in [3.63, 3.8) is 0 Å². The molecule has 2 heterocycles. The molecule has 1 atom stereocenters. The minimum Gasteiger partial charge on any atom is -0.486 e. The van der Waals surface area contributed by atoms with Gasteiger partial charge in [0.25, 0.3) is 0 Å². The molecular formula is C25H23Cl2NO5. The number of Topliss-reactive ketones (excluding diaryl/α,β-unsaturated/α-hetero) is 1. The Hall–Kier alpha value is -2.96. The molecular weight excluding hydrogens is 465 g/mol. The lowest BCUT2D eigenvalue weighted by Gasteiger charge is -2.27. The molecule has 3 aromatic rings. The van der Waals surface area contributed by atoms with Gasteiger partial charge < -0.3 is 18.8 Å². The molecule has 0 N–H and O–H groups in total. The van der Waals surface area contributed by atoms with Gasteiger partial charge in [-0.2, -0.15) is 0 Å². The van der Waals surface area contributed by atoms with Gasteiger partial charge in [-0.3, -0.25) is 9.59 Å². The second-order valence-electron chi connectivity index (χ2n) is 7.89. The van der Waals surface area contributed by atoms with Crippen LogP contribution in [0.25, 0.3) is 0 Å². The van der Waals surface area contributed by atoms with Gasteiger partial charge in [0.1, 0.15) is 6.61 Å². The maximum Gasteiger partial charge on any atom is 0.310 e. The number of fused-ring (bicyclic) bond motifs is 1. The van der Waals surface area contributed by atoms with Crippen LogP contribution in [0.1, 0.15) is 27.3 Å². The minimum atomic E-state index is -0.534. The molecule has 172 valence electrons. The van der Waals surface area contributed by atoms with Crippen LogP contribution in [0.3, 0.4) is 0 Å². The van der Waals surface area contributed by atoms with Crippen LogP contribution in [0.5, 0.6) is 11.5 Å². The van der Waals surface area contributed by atoms with E-state index in [0.717, 1.165) is 17.1 Å². The lowest BCUT2D eigenvalue weighted by Crippen LogP contribution is -2.33. The molecule has 0 radical (unpaired) electrons. The first-order valence-electron chi connectivity index (χ1n) is 10.5. The SMILES string of the molecule is Cc1cc(C(=O)COC(=O)Cc2ccc(Cl)cc2Cl)c(C)n1CC1COc2ccccc2O1. The van der Waals surface area contributed by atoms with Crippen molar-refractivity contribution in [1.82, 2.24) is 4.57 Å². The highest BCUT2D eigenvalue weighted by Gasteiger charge is 2.24. The summed E-state index contributed by atoms with van der Waals surface area (Å²) in [6, 6.07) is 14.2. The first kappa shape index (κ1) is 23.2. The van der Waals surface area contributed by atoms with Crippen molar-refractivity contribution >= 4 is 35.0 Å². The Bertz CT molecular complexity index is 1200. The average Bonchev–Trinajstić information content (AvgIpc) is 3.07. The van der Waals surface area contributed by atoms with Gasteiger partial charge in [0.05, 0.1) is 13.0 Å². The van der Waals surface area contributed by atoms with Gasteiger partial charge in [-0.15, -0.1) is 0 Å². The summed E-state index contributed by atoms with van der Waals surface area (Å²) < 4.78 is 19.1. The molecule has 0 fully saturated rings. The summed E-state index contributed by atoms with van der Waals surface area (Å²) in [4.78, 5) is 25.0. The third kappa shape index (κ3) is 5.34. The lowest BCUT2D eigenvalue weighted by atomic mass is 10.1. The fourth-order valence-corrected chi connectivity index (χ4v) is 4.29. The Balaban J connectivity index is 1.37. The van der Waals surface area contributed by atoms with Crippen LogP contribution >= 0.6 is 23.2 Å². The first-order chi connectivity index (χ1) is 15.8. The van der Waals surface area contributed by atoms with Crippen LogP contribution in [0, 0.1) is 13.8 Å². The van der Waals surface area contributed by atoms with Crippen molar-refractivity contribution in [3.05, 3.63) is 81.1 Å². The van der Waals surface area contributed by atoms with Crippen LogP contribution in [0.2, 0.25) is 10.0 Å².